The smallest absolute Gasteiger partial charge is 0.379 e. The molecule has 0 saturated carbocycles. The Balaban J connectivity index is 0.00000200. The Morgan fingerprint density at radius 1 is 1.30 bits per heavy atom. The number of alkyl halides is 3. The third-order valence-electron chi connectivity index (χ3n) is 3.38. The van der Waals surface area contributed by atoms with E-state index in [1.807, 2.05) is 11.9 Å². The monoisotopic (exact) mass is 408 g/mol. The zero-order valence-corrected chi connectivity index (χ0v) is 13.6. The van der Waals surface area contributed by atoms with Gasteiger partial charge in [0.05, 0.1) is 19.8 Å². The number of nitrogens with zero attached hydrogens (tertiary/aromatic N) is 3. The molecule has 1 unspecified atom stereocenters. The fourth-order valence-corrected chi connectivity index (χ4v) is 2.25. The van der Waals surface area contributed by atoms with E-state index in [-0.39, 0.29) is 30.5 Å². The maximum Gasteiger partial charge on any atom is 0.405 e. The average molecular weight is 408 g/mol. The molecule has 0 aromatic rings. The first-order valence-electron chi connectivity index (χ1n) is 6.36. The lowest BCUT2D eigenvalue weighted by Gasteiger charge is -2.35. The largest absolute Gasteiger partial charge is 0.405 e. The average Bonchev–Trinajstić information content (AvgIpc) is 2.75. The molecule has 0 spiro atoms. The molecular weight excluding hydrogens is 388 g/mol. The van der Waals surface area contributed by atoms with Gasteiger partial charge < -0.3 is 15.0 Å². The van der Waals surface area contributed by atoms with Gasteiger partial charge in [0.2, 0.25) is 0 Å². The molecule has 2 rings (SSSR count). The number of rotatable bonds is 3. The summed E-state index contributed by atoms with van der Waals surface area (Å²) >= 11 is 0. The molecule has 0 bridgehead atoms. The number of nitrogens with one attached hydrogen (secondary N) is 1. The van der Waals surface area contributed by atoms with Gasteiger partial charge in [-0.15, -0.1) is 24.0 Å². The third-order valence-corrected chi connectivity index (χ3v) is 3.38. The maximum atomic E-state index is 13.1. The van der Waals surface area contributed by atoms with Crippen molar-refractivity contribution in [2.75, 3.05) is 53.0 Å². The number of ether oxygens (including phenoxy) is 1. The lowest BCUT2D eigenvalue weighted by Crippen LogP contribution is -2.56. The Hall–Kier alpha value is -0.290. The van der Waals surface area contributed by atoms with Crippen molar-refractivity contribution < 1.29 is 17.9 Å². The number of hydrogen-bond acceptors (Lipinski definition) is 5. The van der Waals surface area contributed by atoms with Crippen LogP contribution in [-0.2, 0) is 4.74 Å². The molecule has 0 aromatic heterocycles. The molecule has 2 aliphatic rings. The second-order valence-corrected chi connectivity index (χ2v) is 4.71. The standard InChI is InChI=1S/C11H19F3N4O.HI/c1-17-3-2-15-10(17)16-8-9(11(12,13)14)18-4-6-19-7-5-18;/h9H,2-8H2,1H3,(H,15,16);1H. The molecule has 2 heterocycles. The second kappa shape index (κ2) is 7.64. The van der Waals surface area contributed by atoms with Crippen LogP contribution in [0.1, 0.15) is 0 Å². The minimum Gasteiger partial charge on any atom is -0.379 e. The fraction of sp³-hybridized carbons (Fsp3) is 0.909. The van der Waals surface area contributed by atoms with Crippen molar-refractivity contribution in [3.8, 4) is 0 Å². The van der Waals surface area contributed by atoms with Crippen LogP contribution in [0.3, 0.4) is 0 Å². The SMILES string of the molecule is CN1CCN=C1NCC(N1CCOCC1)C(F)(F)F.I. The summed E-state index contributed by atoms with van der Waals surface area (Å²) in [6.45, 7) is 2.54. The first kappa shape index (κ1) is 17.8. The molecule has 20 heavy (non-hydrogen) atoms. The lowest BCUT2D eigenvalue weighted by molar-refractivity contribution is -0.189. The van der Waals surface area contributed by atoms with Crippen molar-refractivity contribution in [1.82, 2.24) is 15.1 Å². The van der Waals surface area contributed by atoms with Gasteiger partial charge in [0, 0.05) is 33.2 Å². The van der Waals surface area contributed by atoms with Crippen LogP contribution < -0.4 is 5.32 Å². The van der Waals surface area contributed by atoms with Crippen LogP contribution in [0.25, 0.3) is 0 Å². The van der Waals surface area contributed by atoms with Crippen molar-refractivity contribution in [3.05, 3.63) is 0 Å². The molecular formula is C11H20F3IN4O. The molecule has 2 aliphatic heterocycles. The highest BCUT2D eigenvalue weighted by molar-refractivity contribution is 14.0. The van der Waals surface area contributed by atoms with Crippen molar-refractivity contribution in [2.45, 2.75) is 12.2 Å². The fourth-order valence-electron chi connectivity index (χ4n) is 2.25. The van der Waals surface area contributed by atoms with E-state index in [1.54, 1.807) is 0 Å². The molecule has 118 valence electrons. The van der Waals surface area contributed by atoms with Gasteiger partial charge in [0.15, 0.2) is 5.96 Å². The van der Waals surface area contributed by atoms with Crippen LogP contribution >= 0.6 is 24.0 Å². The summed E-state index contributed by atoms with van der Waals surface area (Å²) in [5.41, 5.74) is 0. The summed E-state index contributed by atoms with van der Waals surface area (Å²) in [7, 11) is 1.82. The van der Waals surface area contributed by atoms with E-state index >= 15 is 0 Å². The molecule has 1 atom stereocenters. The van der Waals surface area contributed by atoms with Gasteiger partial charge in [-0.25, -0.2) is 0 Å². The second-order valence-electron chi connectivity index (χ2n) is 4.71. The van der Waals surface area contributed by atoms with Crippen LogP contribution in [0.4, 0.5) is 13.2 Å². The van der Waals surface area contributed by atoms with Crippen LogP contribution in [-0.4, -0.2) is 81.0 Å². The van der Waals surface area contributed by atoms with Gasteiger partial charge in [-0.1, -0.05) is 0 Å². The van der Waals surface area contributed by atoms with Crippen LogP contribution in [0.15, 0.2) is 4.99 Å². The van der Waals surface area contributed by atoms with Crippen molar-refractivity contribution >= 4 is 29.9 Å². The molecule has 0 aromatic carbocycles. The van der Waals surface area contributed by atoms with Gasteiger partial charge in [-0.05, 0) is 0 Å². The molecule has 0 aliphatic carbocycles. The van der Waals surface area contributed by atoms with E-state index in [2.05, 4.69) is 10.3 Å². The topological polar surface area (TPSA) is 40.1 Å². The molecule has 0 radical (unpaired) electrons. The summed E-state index contributed by atoms with van der Waals surface area (Å²) in [4.78, 5) is 7.39. The Kier molecular flexibility index (Phi) is 6.79. The zero-order chi connectivity index (χ0) is 13.9. The first-order valence-corrected chi connectivity index (χ1v) is 6.36. The lowest BCUT2D eigenvalue weighted by atomic mass is 10.2. The predicted octanol–water partition coefficient (Wildman–Crippen LogP) is 0.758. The van der Waals surface area contributed by atoms with Gasteiger partial charge in [-0.3, -0.25) is 9.89 Å². The van der Waals surface area contributed by atoms with Gasteiger partial charge in [0.25, 0.3) is 0 Å². The quantitative estimate of drug-likeness (QED) is 0.701. The summed E-state index contributed by atoms with van der Waals surface area (Å²) < 4.78 is 44.4. The predicted molar refractivity (Wildman–Crippen MR) is 80.6 cm³/mol. The van der Waals surface area contributed by atoms with Crippen LogP contribution in [0.5, 0.6) is 0 Å². The summed E-state index contributed by atoms with van der Waals surface area (Å²) in [6, 6.07) is -1.49. The van der Waals surface area contributed by atoms with Gasteiger partial charge in [-0.2, -0.15) is 13.2 Å². The zero-order valence-electron chi connectivity index (χ0n) is 11.3. The number of morpholine rings is 1. The molecule has 0 amide bonds. The highest BCUT2D eigenvalue weighted by Gasteiger charge is 2.44. The molecule has 9 heteroatoms. The Morgan fingerprint density at radius 2 is 1.95 bits per heavy atom. The first-order chi connectivity index (χ1) is 8.98. The number of hydrogen-bond donors (Lipinski definition) is 1. The van der Waals surface area contributed by atoms with E-state index in [4.69, 9.17) is 4.74 Å². The number of likely N-dealkylation sites (N-methyl/N-ethyl adjacent to an activating group) is 1. The van der Waals surface area contributed by atoms with E-state index in [1.165, 1.54) is 4.90 Å². The van der Waals surface area contributed by atoms with E-state index in [0.29, 0.717) is 38.8 Å². The van der Waals surface area contributed by atoms with E-state index < -0.39 is 12.2 Å². The summed E-state index contributed by atoms with van der Waals surface area (Å²) in [5.74, 6) is 0.544. The minimum atomic E-state index is -4.25. The Bertz CT molecular complexity index is 334. The summed E-state index contributed by atoms with van der Waals surface area (Å²) in [6.07, 6.45) is -4.25. The third kappa shape index (κ3) is 4.62. The number of aliphatic imine (C=N–C) groups is 1. The molecule has 5 nitrogen and oxygen atoms in total. The van der Waals surface area contributed by atoms with Crippen LogP contribution in [0.2, 0.25) is 0 Å². The molecule has 1 N–H and O–H groups in total. The Labute approximate surface area is 133 Å². The summed E-state index contributed by atoms with van der Waals surface area (Å²) in [5, 5.41) is 2.81. The van der Waals surface area contributed by atoms with Gasteiger partial charge in [0.1, 0.15) is 6.04 Å². The van der Waals surface area contributed by atoms with Gasteiger partial charge >= 0.3 is 6.18 Å². The molecule has 1 fully saturated rings. The van der Waals surface area contributed by atoms with Crippen LogP contribution in [0, 0.1) is 0 Å². The maximum absolute atomic E-state index is 13.1. The normalized spacial score (nSPS) is 22.2. The van der Waals surface area contributed by atoms with Crippen molar-refractivity contribution in [2.24, 2.45) is 4.99 Å². The minimum absolute atomic E-state index is 0. The highest BCUT2D eigenvalue weighted by Crippen LogP contribution is 2.25. The highest BCUT2D eigenvalue weighted by atomic mass is 127. The van der Waals surface area contributed by atoms with Crippen molar-refractivity contribution in [3.63, 3.8) is 0 Å². The molecule has 1 saturated heterocycles. The van der Waals surface area contributed by atoms with E-state index in [0.717, 1.165) is 6.54 Å². The van der Waals surface area contributed by atoms with Crippen molar-refractivity contribution in [1.29, 1.82) is 0 Å². The van der Waals surface area contributed by atoms with E-state index in [9.17, 15) is 13.2 Å². The number of guanidine groups is 1. The number of halogens is 4. The Morgan fingerprint density at radius 3 is 2.45 bits per heavy atom.